The van der Waals surface area contributed by atoms with Gasteiger partial charge in [-0.25, -0.2) is 8.42 Å². The number of methoxy groups -OCH3 is 1. The monoisotopic (exact) mass is 302 g/mol. The molecule has 0 aromatic heterocycles. The summed E-state index contributed by atoms with van der Waals surface area (Å²) < 4.78 is 31.9. The van der Waals surface area contributed by atoms with Crippen LogP contribution < -0.4 is 9.46 Å². The molecule has 2 aromatic carbocycles. The molecule has 5 nitrogen and oxygen atoms in total. The average molecular weight is 302 g/mol. The van der Waals surface area contributed by atoms with Crippen LogP contribution in [0.4, 0.5) is 5.69 Å². The SMILES string of the molecule is COc1cccc(NS(=O)(=O)Cc2ccccc2C#N)c1. The molecule has 108 valence electrons. The van der Waals surface area contributed by atoms with Crippen molar-refractivity contribution in [1.82, 2.24) is 0 Å². The number of sulfonamides is 1. The molecule has 0 saturated heterocycles. The van der Waals surface area contributed by atoms with E-state index in [0.717, 1.165) is 0 Å². The molecule has 0 spiro atoms. The minimum absolute atomic E-state index is 0.256. The normalized spacial score (nSPS) is 10.7. The van der Waals surface area contributed by atoms with Crippen LogP contribution >= 0.6 is 0 Å². The van der Waals surface area contributed by atoms with Crippen LogP contribution in [-0.4, -0.2) is 15.5 Å². The van der Waals surface area contributed by atoms with Crippen LogP contribution in [0.25, 0.3) is 0 Å². The number of hydrogen-bond donors (Lipinski definition) is 1. The summed E-state index contributed by atoms with van der Waals surface area (Å²) in [4.78, 5) is 0. The molecular formula is C15H14N2O3S. The van der Waals surface area contributed by atoms with Crippen molar-refractivity contribution in [2.75, 3.05) is 11.8 Å². The average Bonchev–Trinajstić information content (AvgIpc) is 2.47. The highest BCUT2D eigenvalue weighted by molar-refractivity contribution is 7.91. The van der Waals surface area contributed by atoms with E-state index in [2.05, 4.69) is 4.72 Å². The zero-order chi connectivity index (χ0) is 15.3. The summed E-state index contributed by atoms with van der Waals surface area (Å²) in [5, 5.41) is 8.99. The summed E-state index contributed by atoms with van der Waals surface area (Å²) in [6.45, 7) is 0. The highest BCUT2D eigenvalue weighted by Gasteiger charge is 2.14. The summed E-state index contributed by atoms with van der Waals surface area (Å²) in [7, 11) is -2.09. The van der Waals surface area contributed by atoms with Crippen molar-refractivity contribution in [1.29, 1.82) is 5.26 Å². The Morgan fingerprint density at radius 2 is 1.95 bits per heavy atom. The van der Waals surface area contributed by atoms with Crippen LogP contribution in [0.2, 0.25) is 0 Å². The number of ether oxygens (including phenoxy) is 1. The van der Waals surface area contributed by atoms with Gasteiger partial charge in [0.25, 0.3) is 0 Å². The van der Waals surface area contributed by atoms with Crippen molar-refractivity contribution in [3.05, 3.63) is 59.7 Å². The van der Waals surface area contributed by atoms with E-state index in [1.54, 1.807) is 48.5 Å². The summed E-state index contributed by atoms with van der Waals surface area (Å²) in [6.07, 6.45) is 0. The maximum Gasteiger partial charge on any atom is 0.236 e. The third-order valence-corrected chi connectivity index (χ3v) is 4.06. The molecule has 0 saturated carbocycles. The molecule has 0 aliphatic rings. The first-order valence-electron chi connectivity index (χ1n) is 6.16. The van der Waals surface area contributed by atoms with Crippen LogP contribution in [0.3, 0.4) is 0 Å². The molecule has 1 N–H and O–H groups in total. The Morgan fingerprint density at radius 3 is 2.67 bits per heavy atom. The molecule has 0 amide bonds. The minimum Gasteiger partial charge on any atom is -0.497 e. The number of benzene rings is 2. The standard InChI is InChI=1S/C15H14N2O3S/c1-20-15-8-4-7-14(9-15)17-21(18,19)11-13-6-3-2-5-12(13)10-16/h2-9,17H,11H2,1H3. The lowest BCUT2D eigenvalue weighted by atomic mass is 10.1. The highest BCUT2D eigenvalue weighted by atomic mass is 32.2. The van der Waals surface area contributed by atoms with Gasteiger partial charge >= 0.3 is 0 Å². The van der Waals surface area contributed by atoms with E-state index in [4.69, 9.17) is 10.00 Å². The Morgan fingerprint density at radius 1 is 1.19 bits per heavy atom. The van der Waals surface area contributed by atoms with Gasteiger partial charge in [0.1, 0.15) is 5.75 Å². The first kappa shape index (κ1) is 14.9. The molecule has 0 aliphatic carbocycles. The fourth-order valence-electron chi connectivity index (χ4n) is 1.86. The fourth-order valence-corrected chi connectivity index (χ4v) is 3.08. The van der Waals surface area contributed by atoms with Gasteiger partial charge in [0.05, 0.1) is 30.2 Å². The molecule has 21 heavy (non-hydrogen) atoms. The molecular weight excluding hydrogens is 288 g/mol. The number of nitrogens with one attached hydrogen (secondary N) is 1. The van der Waals surface area contributed by atoms with Gasteiger partial charge < -0.3 is 4.74 Å². The Balaban J connectivity index is 2.21. The molecule has 2 aromatic rings. The lowest BCUT2D eigenvalue weighted by Crippen LogP contribution is -2.15. The second kappa shape index (κ2) is 6.29. The quantitative estimate of drug-likeness (QED) is 0.920. The number of rotatable bonds is 5. The van der Waals surface area contributed by atoms with Crippen molar-refractivity contribution >= 4 is 15.7 Å². The molecule has 0 bridgehead atoms. The summed E-state index contributed by atoms with van der Waals surface area (Å²) in [6, 6.07) is 15.3. The molecule has 6 heteroatoms. The van der Waals surface area contributed by atoms with Crippen LogP contribution in [0.15, 0.2) is 48.5 Å². The lowest BCUT2D eigenvalue weighted by molar-refractivity contribution is 0.415. The molecule has 0 radical (unpaired) electrons. The molecule has 0 atom stereocenters. The van der Waals surface area contributed by atoms with Crippen molar-refractivity contribution < 1.29 is 13.2 Å². The van der Waals surface area contributed by atoms with Crippen molar-refractivity contribution in [3.63, 3.8) is 0 Å². The predicted octanol–water partition coefficient (Wildman–Crippen LogP) is 2.51. The Bertz CT molecular complexity index is 780. The number of hydrogen-bond acceptors (Lipinski definition) is 4. The van der Waals surface area contributed by atoms with E-state index >= 15 is 0 Å². The smallest absolute Gasteiger partial charge is 0.236 e. The number of anilines is 1. The summed E-state index contributed by atoms with van der Waals surface area (Å²) >= 11 is 0. The topological polar surface area (TPSA) is 79.2 Å². The van der Waals surface area contributed by atoms with Gasteiger partial charge in [-0.15, -0.1) is 0 Å². The molecule has 2 rings (SSSR count). The number of nitrogens with zero attached hydrogens (tertiary/aromatic N) is 1. The van der Waals surface area contributed by atoms with Gasteiger partial charge in [-0.05, 0) is 23.8 Å². The Kier molecular flexibility index (Phi) is 4.45. The summed E-state index contributed by atoms with van der Waals surface area (Å²) in [5.41, 5.74) is 1.24. The van der Waals surface area contributed by atoms with Gasteiger partial charge in [-0.2, -0.15) is 5.26 Å². The van der Waals surface area contributed by atoms with E-state index in [1.807, 2.05) is 6.07 Å². The van der Waals surface area contributed by atoms with Gasteiger partial charge in [-0.3, -0.25) is 4.72 Å². The van der Waals surface area contributed by atoms with E-state index in [0.29, 0.717) is 22.6 Å². The predicted molar refractivity (Wildman–Crippen MR) is 80.4 cm³/mol. The van der Waals surface area contributed by atoms with Gasteiger partial charge in [0.15, 0.2) is 0 Å². The molecule has 0 aliphatic heterocycles. The molecule has 0 heterocycles. The fraction of sp³-hybridized carbons (Fsp3) is 0.133. The first-order valence-corrected chi connectivity index (χ1v) is 7.82. The molecule has 0 unspecified atom stereocenters. The zero-order valence-electron chi connectivity index (χ0n) is 11.4. The first-order chi connectivity index (χ1) is 10.0. The van der Waals surface area contributed by atoms with E-state index < -0.39 is 10.0 Å². The highest BCUT2D eigenvalue weighted by Crippen LogP contribution is 2.19. The van der Waals surface area contributed by atoms with Crippen molar-refractivity contribution in [2.24, 2.45) is 0 Å². The van der Waals surface area contributed by atoms with Crippen LogP contribution in [0.5, 0.6) is 5.75 Å². The second-order valence-electron chi connectivity index (χ2n) is 4.36. The summed E-state index contributed by atoms with van der Waals surface area (Å²) in [5.74, 6) is 0.307. The third kappa shape index (κ3) is 3.97. The number of nitriles is 1. The van der Waals surface area contributed by atoms with Crippen LogP contribution in [-0.2, 0) is 15.8 Å². The zero-order valence-corrected chi connectivity index (χ0v) is 12.2. The van der Waals surface area contributed by atoms with Gasteiger partial charge in [0.2, 0.25) is 10.0 Å². The van der Waals surface area contributed by atoms with E-state index in [9.17, 15) is 8.42 Å². The van der Waals surface area contributed by atoms with E-state index in [1.165, 1.54) is 7.11 Å². The maximum atomic E-state index is 12.2. The van der Waals surface area contributed by atoms with Crippen molar-refractivity contribution in [2.45, 2.75) is 5.75 Å². The minimum atomic E-state index is -3.60. The van der Waals surface area contributed by atoms with Crippen molar-refractivity contribution in [3.8, 4) is 11.8 Å². The Hall–Kier alpha value is -2.52. The lowest BCUT2D eigenvalue weighted by Gasteiger charge is -2.10. The second-order valence-corrected chi connectivity index (χ2v) is 6.08. The third-order valence-electron chi connectivity index (χ3n) is 2.83. The molecule has 0 fully saturated rings. The van der Waals surface area contributed by atoms with Crippen LogP contribution in [0.1, 0.15) is 11.1 Å². The Labute approximate surface area is 123 Å². The van der Waals surface area contributed by atoms with Gasteiger partial charge in [-0.1, -0.05) is 24.3 Å². The van der Waals surface area contributed by atoms with E-state index in [-0.39, 0.29) is 5.75 Å². The van der Waals surface area contributed by atoms with Crippen LogP contribution in [0, 0.1) is 11.3 Å². The largest absolute Gasteiger partial charge is 0.497 e. The maximum absolute atomic E-state index is 12.2. The van der Waals surface area contributed by atoms with Gasteiger partial charge in [0, 0.05) is 6.07 Å².